The highest BCUT2D eigenvalue weighted by Crippen LogP contribution is 2.17. The fourth-order valence-corrected chi connectivity index (χ4v) is 9.02. The monoisotopic (exact) mass is 916 g/mol. The van der Waals surface area contributed by atoms with E-state index in [0.717, 1.165) is 51.4 Å². The summed E-state index contributed by atoms with van der Waals surface area (Å²) in [6, 6.07) is -0.541. The van der Waals surface area contributed by atoms with Gasteiger partial charge in [0.25, 0.3) is 0 Å². The van der Waals surface area contributed by atoms with E-state index in [1.165, 1.54) is 231 Å². The predicted octanol–water partition coefficient (Wildman–Crippen LogP) is 17.9. The third-order valence-corrected chi connectivity index (χ3v) is 13.5. The Balaban J connectivity index is 3.37. The van der Waals surface area contributed by atoms with Crippen LogP contribution in [-0.4, -0.2) is 47.4 Å². The number of nitrogens with one attached hydrogen (secondary N) is 1. The van der Waals surface area contributed by atoms with E-state index >= 15 is 0 Å². The molecule has 0 aromatic carbocycles. The number of hydrogen-bond acceptors (Lipinski definition) is 5. The van der Waals surface area contributed by atoms with Gasteiger partial charge in [-0.2, -0.15) is 0 Å². The van der Waals surface area contributed by atoms with Crippen molar-refractivity contribution in [3.8, 4) is 0 Å². The molecular weight excluding hydrogens is 803 g/mol. The molecule has 384 valence electrons. The van der Waals surface area contributed by atoms with Crippen LogP contribution < -0.4 is 5.32 Å². The highest BCUT2D eigenvalue weighted by atomic mass is 16.5. The summed E-state index contributed by atoms with van der Waals surface area (Å²) in [5.74, 6) is -0.0380. The van der Waals surface area contributed by atoms with Gasteiger partial charge in [-0.15, -0.1) is 0 Å². The molecule has 2 atom stereocenters. The van der Waals surface area contributed by atoms with E-state index in [1.807, 2.05) is 0 Å². The summed E-state index contributed by atoms with van der Waals surface area (Å²) in [4.78, 5) is 24.5. The van der Waals surface area contributed by atoms with Gasteiger partial charge in [-0.25, -0.2) is 0 Å². The molecule has 1 amide bonds. The van der Waals surface area contributed by atoms with Gasteiger partial charge in [-0.05, 0) is 57.8 Å². The molecule has 0 bridgehead atoms. The Morgan fingerprint density at radius 3 is 1.18 bits per heavy atom. The second-order valence-corrected chi connectivity index (χ2v) is 20.0. The van der Waals surface area contributed by atoms with E-state index in [4.69, 9.17) is 4.74 Å². The van der Waals surface area contributed by atoms with Crippen molar-refractivity contribution in [2.75, 3.05) is 13.2 Å². The van der Waals surface area contributed by atoms with Crippen molar-refractivity contribution >= 4 is 11.9 Å². The molecule has 2 unspecified atom stereocenters. The number of esters is 1. The predicted molar refractivity (Wildman–Crippen MR) is 283 cm³/mol. The van der Waals surface area contributed by atoms with Gasteiger partial charge in [0.1, 0.15) is 0 Å². The Hall–Kier alpha value is -1.66. The Labute approximate surface area is 405 Å². The Bertz CT molecular complexity index is 1010. The molecule has 0 aromatic heterocycles. The zero-order valence-electron chi connectivity index (χ0n) is 43.7. The van der Waals surface area contributed by atoms with Crippen LogP contribution in [0.1, 0.15) is 316 Å². The lowest BCUT2D eigenvalue weighted by Crippen LogP contribution is -2.45. The van der Waals surface area contributed by atoms with Crippen molar-refractivity contribution in [1.29, 1.82) is 0 Å². The molecule has 6 nitrogen and oxygen atoms in total. The van der Waals surface area contributed by atoms with Crippen molar-refractivity contribution < 1.29 is 24.5 Å². The lowest BCUT2D eigenvalue weighted by Gasteiger charge is -2.22. The number of aliphatic hydroxyl groups is 2. The zero-order chi connectivity index (χ0) is 47.2. The quantitative estimate of drug-likeness (QED) is 0.0321. The van der Waals surface area contributed by atoms with Crippen molar-refractivity contribution in [3.05, 3.63) is 24.3 Å². The number of unbranched alkanes of at least 4 members (excludes halogenated alkanes) is 39. The van der Waals surface area contributed by atoms with Gasteiger partial charge in [0.2, 0.25) is 5.91 Å². The smallest absolute Gasteiger partial charge is 0.305 e. The molecule has 0 spiro atoms. The first-order valence-corrected chi connectivity index (χ1v) is 29.1. The van der Waals surface area contributed by atoms with Crippen LogP contribution in [0, 0.1) is 0 Å². The van der Waals surface area contributed by atoms with Gasteiger partial charge in [0.15, 0.2) is 0 Å². The second-order valence-electron chi connectivity index (χ2n) is 20.0. The van der Waals surface area contributed by atoms with E-state index in [-0.39, 0.29) is 18.5 Å². The number of allylic oxidation sites excluding steroid dienone is 4. The molecule has 0 radical (unpaired) electrons. The number of hydrogen-bond donors (Lipinski definition) is 3. The van der Waals surface area contributed by atoms with Gasteiger partial charge >= 0.3 is 5.97 Å². The minimum atomic E-state index is -0.663. The van der Waals surface area contributed by atoms with Crippen molar-refractivity contribution in [2.24, 2.45) is 0 Å². The first-order valence-electron chi connectivity index (χ1n) is 29.1. The number of carbonyl (C=O) groups excluding carboxylic acids is 2. The summed E-state index contributed by atoms with van der Waals surface area (Å²) >= 11 is 0. The van der Waals surface area contributed by atoms with Gasteiger partial charge in [-0.3, -0.25) is 9.59 Å². The molecule has 0 aliphatic carbocycles. The van der Waals surface area contributed by atoms with Crippen molar-refractivity contribution in [2.45, 2.75) is 328 Å². The van der Waals surface area contributed by atoms with E-state index < -0.39 is 12.1 Å². The summed E-state index contributed by atoms with van der Waals surface area (Å²) < 4.78 is 5.48. The Morgan fingerprint density at radius 2 is 0.769 bits per heavy atom. The molecule has 0 aliphatic heterocycles. The first-order chi connectivity index (χ1) is 32.0. The first kappa shape index (κ1) is 63.3. The molecule has 3 N–H and O–H groups in total. The normalized spacial score (nSPS) is 12.7. The minimum Gasteiger partial charge on any atom is -0.466 e. The number of aliphatic hydroxyl groups excluding tert-OH is 2. The van der Waals surface area contributed by atoms with Crippen molar-refractivity contribution in [1.82, 2.24) is 5.32 Å². The average Bonchev–Trinajstić information content (AvgIpc) is 3.31. The summed E-state index contributed by atoms with van der Waals surface area (Å²) in [6.45, 7) is 4.93. The highest BCUT2D eigenvalue weighted by molar-refractivity contribution is 5.76. The molecule has 0 fully saturated rings. The summed E-state index contributed by atoms with van der Waals surface area (Å²) in [6.07, 6.45) is 66.0. The minimum absolute atomic E-state index is 0.00138. The number of rotatable bonds is 54. The molecule has 0 aromatic rings. The third kappa shape index (κ3) is 51.6. The fourth-order valence-electron chi connectivity index (χ4n) is 9.02. The maximum Gasteiger partial charge on any atom is 0.305 e. The average molecular weight is 917 g/mol. The molecule has 65 heavy (non-hydrogen) atoms. The van der Waals surface area contributed by atoms with E-state index in [0.29, 0.717) is 25.9 Å². The summed E-state index contributed by atoms with van der Waals surface area (Å²) in [7, 11) is 0. The van der Waals surface area contributed by atoms with Crippen molar-refractivity contribution in [3.63, 3.8) is 0 Å². The van der Waals surface area contributed by atoms with Crippen LogP contribution in [0.15, 0.2) is 24.3 Å². The van der Waals surface area contributed by atoms with Crippen LogP contribution in [0.4, 0.5) is 0 Å². The van der Waals surface area contributed by atoms with Crippen LogP contribution in [0.25, 0.3) is 0 Å². The van der Waals surface area contributed by atoms with Gasteiger partial charge in [-0.1, -0.05) is 269 Å². The molecule has 0 aliphatic rings. The van der Waals surface area contributed by atoms with Crippen LogP contribution in [0.5, 0.6) is 0 Å². The van der Waals surface area contributed by atoms with Crippen LogP contribution in [0.3, 0.4) is 0 Å². The Kier molecular flexibility index (Phi) is 53.5. The number of carbonyl (C=O) groups is 2. The zero-order valence-corrected chi connectivity index (χ0v) is 43.7. The maximum absolute atomic E-state index is 12.4. The van der Waals surface area contributed by atoms with Crippen LogP contribution in [-0.2, 0) is 14.3 Å². The SMILES string of the molecule is CCCCCC/C=C\C/C=C\CCCCCCCC(=O)OCCCCCCCCCCCCCCCCCCCCCCCC(=O)NC(CO)C(O)CCCCCCCCCCCCC. The maximum atomic E-state index is 12.4. The lowest BCUT2D eigenvalue weighted by molar-refractivity contribution is -0.143. The Morgan fingerprint density at radius 1 is 0.431 bits per heavy atom. The topological polar surface area (TPSA) is 95.9 Å². The summed E-state index contributed by atoms with van der Waals surface area (Å²) in [5.41, 5.74) is 0. The molecular formula is C59H113NO5. The van der Waals surface area contributed by atoms with Gasteiger partial charge < -0.3 is 20.3 Å². The standard InChI is InChI=1S/C59H113NO5/c1-3-5-7-9-11-13-15-16-17-26-29-33-37-41-45-49-53-59(64)65-54-50-46-42-38-34-30-27-24-22-20-18-19-21-23-25-28-32-36-40-44-48-52-58(63)60-56(55-61)57(62)51-47-43-39-35-31-14-12-10-8-6-4-2/h13,15,17,26,56-57,61-62H,3-12,14,16,18-25,27-55H2,1-2H3,(H,60,63)/b15-13-,26-17-. The lowest BCUT2D eigenvalue weighted by atomic mass is 10.0. The number of amides is 1. The van der Waals surface area contributed by atoms with Gasteiger partial charge in [0, 0.05) is 12.8 Å². The summed E-state index contributed by atoms with van der Waals surface area (Å²) in [5, 5.41) is 23.2. The second kappa shape index (κ2) is 54.9. The van der Waals surface area contributed by atoms with Crippen LogP contribution in [0.2, 0.25) is 0 Å². The number of ether oxygens (including phenoxy) is 1. The molecule has 0 heterocycles. The fraction of sp³-hybridized carbons (Fsp3) is 0.898. The van der Waals surface area contributed by atoms with E-state index in [9.17, 15) is 19.8 Å². The van der Waals surface area contributed by atoms with Crippen LogP contribution >= 0.6 is 0 Å². The highest BCUT2D eigenvalue weighted by Gasteiger charge is 2.20. The molecule has 6 heteroatoms. The largest absolute Gasteiger partial charge is 0.466 e. The molecule has 0 saturated carbocycles. The molecule has 0 saturated heterocycles. The molecule has 0 rings (SSSR count). The third-order valence-electron chi connectivity index (χ3n) is 13.5. The van der Waals surface area contributed by atoms with E-state index in [2.05, 4.69) is 43.5 Å². The van der Waals surface area contributed by atoms with Gasteiger partial charge in [0.05, 0.1) is 25.4 Å². The van der Waals surface area contributed by atoms with E-state index in [1.54, 1.807) is 0 Å².